The molecule has 0 aliphatic carbocycles. The summed E-state index contributed by atoms with van der Waals surface area (Å²) in [5.41, 5.74) is 1.38. The second kappa shape index (κ2) is 11.2. The number of rotatable bonds is 9. The average molecular weight is 514 g/mol. The molecule has 1 heterocycles. The van der Waals surface area contributed by atoms with Gasteiger partial charge in [0.05, 0.1) is 18.2 Å². The van der Waals surface area contributed by atoms with Crippen LogP contribution in [0.5, 0.6) is 5.75 Å². The highest BCUT2D eigenvalue weighted by molar-refractivity contribution is 7.06. The molecule has 0 saturated carbocycles. The van der Waals surface area contributed by atoms with Gasteiger partial charge < -0.3 is 9.47 Å². The van der Waals surface area contributed by atoms with E-state index in [0.717, 1.165) is 24.1 Å². The minimum atomic E-state index is -4.71. The molecule has 4 nitrogen and oxygen atoms in total. The van der Waals surface area contributed by atoms with Gasteiger partial charge in [-0.3, -0.25) is 4.79 Å². The van der Waals surface area contributed by atoms with Crippen LogP contribution in [0, 0.1) is 17.6 Å². The highest BCUT2D eigenvalue weighted by atomic mass is 32.1. The summed E-state index contributed by atoms with van der Waals surface area (Å²) in [6.45, 7) is 4.61. The molecule has 2 aromatic carbocycles. The smallest absolute Gasteiger partial charge is 0.427 e. The van der Waals surface area contributed by atoms with Crippen molar-refractivity contribution in [2.75, 3.05) is 6.61 Å². The van der Waals surface area contributed by atoms with Gasteiger partial charge in [-0.1, -0.05) is 38.1 Å². The molecule has 10 heteroatoms. The summed E-state index contributed by atoms with van der Waals surface area (Å²) in [4.78, 5) is 10.8. The van der Waals surface area contributed by atoms with Crippen molar-refractivity contribution < 1.29 is 36.2 Å². The van der Waals surface area contributed by atoms with E-state index in [0.29, 0.717) is 5.56 Å². The Labute approximate surface area is 203 Å². The zero-order valence-electron chi connectivity index (χ0n) is 19.3. The standard InChI is InChI=1S/C25H24F5NO3S/c1-4-15-6-8-17(9-7-15)21-18(23(35-31-21)25(28,29)30)13-34-22-19(26)11-16(12-20(22)27)10-14(3)24(32)33-5-2/h6-9,11-12,14H,4-5,10,13H2,1-3H3. The zero-order chi connectivity index (χ0) is 25.8. The Morgan fingerprint density at radius 3 is 2.23 bits per heavy atom. The molecule has 0 aliphatic rings. The monoisotopic (exact) mass is 513 g/mol. The summed E-state index contributed by atoms with van der Waals surface area (Å²) >= 11 is 0.261. The largest absolute Gasteiger partial charge is 0.483 e. The van der Waals surface area contributed by atoms with E-state index in [-0.39, 0.29) is 41.4 Å². The molecule has 35 heavy (non-hydrogen) atoms. The molecule has 0 radical (unpaired) electrons. The molecular weight excluding hydrogens is 489 g/mol. The maximum Gasteiger partial charge on any atom is 0.427 e. The van der Waals surface area contributed by atoms with Crippen molar-refractivity contribution in [3.63, 3.8) is 0 Å². The van der Waals surface area contributed by atoms with Crippen molar-refractivity contribution in [1.82, 2.24) is 4.37 Å². The van der Waals surface area contributed by atoms with Crippen LogP contribution in [-0.4, -0.2) is 16.9 Å². The van der Waals surface area contributed by atoms with Crippen LogP contribution in [0.1, 0.15) is 42.3 Å². The number of esters is 1. The third kappa shape index (κ3) is 6.36. The first-order valence-corrected chi connectivity index (χ1v) is 11.7. The summed E-state index contributed by atoms with van der Waals surface area (Å²) in [7, 11) is 0. The number of nitrogens with zero attached hydrogens (tertiary/aromatic N) is 1. The molecule has 0 fully saturated rings. The van der Waals surface area contributed by atoms with Crippen molar-refractivity contribution in [2.45, 2.75) is 46.4 Å². The molecule has 0 saturated heterocycles. The molecule has 0 amide bonds. The number of aromatic nitrogens is 1. The number of halogens is 5. The minimum Gasteiger partial charge on any atom is -0.483 e. The first-order chi connectivity index (χ1) is 16.5. The second-order valence-corrected chi connectivity index (χ2v) is 8.69. The number of benzene rings is 2. The molecule has 3 aromatic rings. The van der Waals surface area contributed by atoms with Gasteiger partial charge in [0.1, 0.15) is 11.5 Å². The van der Waals surface area contributed by atoms with Gasteiger partial charge in [0.15, 0.2) is 17.4 Å². The fourth-order valence-electron chi connectivity index (χ4n) is 3.52. The van der Waals surface area contributed by atoms with Crippen molar-refractivity contribution >= 4 is 17.5 Å². The Bertz CT molecular complexity index is 1150. The van der Waals surface area contributed by atoms with Crippen LogP contribution in [-0.2, 0) is 35.2 Å². The lowest BCUT2D eigenvalue weighted by molar-refractivity contribution is -0.147. The third-order valence-electron chi connectivity index (χ3n) is 5.33. The topological polar surface area (TPSA) is 48.4 Å². The summed E-state index contributed by atoms with van der Waals surface area (Å²) in [5.74, 6) is -4.10. The Kier molecular flexibility index (Phi) is 8.47. The quantitative estimate of drug-likeness (QED) is 0.229. The Morgan fingerprint density at radius 2 is 1.69 bits per heavy atom. The lowest BCUT2D eigenvalue weighted by Crippen LogP contribution is -2.17. The van der Waals surface area contributed by atoms with Crippen molar-refractivity contribution in [3.05, 3.63) is 69.6 Å². The van der Waals surface area contributed by atoms with Crippen LogP contribution in [0.3, 0.4) is 0 Å². The van der Waals surface area contributed by atoms with Crippen molar-refractivity contribution in [2.24, 2.45) is 5.92 Å². The van der Waals surface area contributed by atoms with E-state index in [1.165, 1.54) is 0 Å². The van der Waals surface area contributed by atoms with E-state index in [1.807, 2.05) is 6.92 Å². The van der Waals surface area contributed by atoms with Gasteiger partial charge in [0.2, 0.25) is 0 Å². The number of alkyl halides is 3. The van der Waals surface area contributed by atoms with E-state index in [9.17, 15) is 26.7 Å². The highest BCUT2D eigenvalue weighted by Crippen LogP contribution is 2.40. The Morgan fingerprint density at radius 1 is 1.06 bits per heavy atom. The zero-order valence-corrected chi connectivity index (χ0v) is 20.2. The molecule has 1 aromatic heterocycles. The lowest BCUT2D eigenvalue weighted by Gasteiger charge is -2.14. The summed E-state index contributed by atoms with van der Waals surface area (Å²) in [5, 5.41) is 0. The summed E-state index contributed by atoms with van der Waals surface area (Å²) in [6.07, 6.45) is -3.92. The van der Waals surface area contributed by atoms with Crippen LogP contribution in [0.4, 0.5) is 22.0 Å². The van der Waals surface area contributed by atoms with Crippen LogP contribution in [0.2, 0.25) is 0 Å². The molecule has 1 unspecified atom stereocenters. The van der Waals surface area contributed by atoms with Gasteiger partial charge in [-0.2, -0.15) is 17.5 Å². The fraction of sp³-hybridized carbons (Fsp3) is 0.360. The summed E-state index contributed by atoms with van der Waals surface area (Å²) < 4.78 is 84.2. The molecular formula is C25H24F5NO3S. The van der Waals surface area contributed by atoms with Crippen molar-refractivity contribution in [3.8, 4) is 17.0 Å². The number of hydrogen-bond acceptors (Lipinski definition) is 5. The summed E-state index contributed by atoms with van der Waals surface area (Å²) in [6, 6.07) is 8.85. The van der Waals surface area contributed by atoms with E-state index in [2.05, 4.69) is 4.37 Å². The molecule has 0 bridgehead atoms. The molecule has 188 valence electrons. The van der Waals surface area contributed by atoms with Crippen LogP contribution < -0.4 is 4.74 Å². The first-order valence-electron chi connectivity index (χ1n) is 11.0. The van der Waals surface area contributed by atoms with Crippen LogP contribution >= 0.6 is 11.5 Å². The number of ether oxygens (including phenoxy) is 2. The Hall–Kier alpha value is -3.01. The predicted molar refractivity (Wildman–Crippen MR) is 122 cm³/mol. The number of hydrogen-bond donors (Lipinski definition) is 0. The lowest BCUT2D eigenvalue weighted by atomic mass is 10.0. The van der Waals surface area contributed by atoms with Crippen LogP contribution in [0.15, 0.2) is 36.4 Å². The third-order valence-corrected chi connectivity index (χ3v) is 6.27. The number of aryl methyl sites for hydroxylation is 1. The van der Waals surface area contributed by atoms with E-state index >= 15 is 0 Å². The van der Waals surface area contributed by atoms with Crippen molar-refractivity contribution in [1.29, 1.82) is 0 Å². The maximum atomic E-state index is 14.7. The average Bonchev–Trinajstić information content (AvgIpc) is 3.23. The minimum absolute atomic E-state index is 0.0253. The Balaban J connectivity index is 1.87. The van der Waals surface area contributed by atoms with Gasteiger partial charge in [-0.05, 0) is 54.6 Å². The van der Waals surface area contributed by atoms with Gasteiger partial charge in [-0.15, -0.1) is 0 Å². The van der Waals surface area contributed by atoms with Gasteiger partial charge >= 0.3 is 12.1 Å². The fourth-order valence-corrected chi connectivity index (χ4v) is 4.29. The van der Waals surface area contributed by atoms with Gasteiger partial charge in [-0.25, -0.2) is 8.78 Å². The molecule has 0 aliphatic heterocycles. The van der Waals surface area contributed by atoms with Gasteiger partial charge in [0.25, 0.3) is 0 Å². The number of carbonyl (C=O) groups excluding carboxylic acids is 1. The molecule has 1 atom stereocenters. The SMILES string of the molecule is CCOC(=O)C(C)Cc1cc(F)c(OCc2c(-c3ccc(CC)cc3)nsc2C(F)(F)F)c(F)c1. The molecule has 0 spiro atoms. The van der Waals surface area contributed by atoms with Gasteiger partial charge in [0, 0.05) is 11.1 Å². The molecule has 0 N–H and O–H groups in total. The maximum absolute atomic E-state index is 14.7. The normalized spacial score (nSPS) is 12.5. The second-order valence-electron chi connectivity index (χ2n) is 7.92. The van der Waals surface area contributed by atoms with E-state index in [1.54, 1.807) is 38.1 Å². The number of carbonyl (C=O) groups is 1. The first kappa shape index (κ1) is 26.6. The van der Waals surface area contributed by atoms with E-state index < -0.39 is 46.9 Å². The highest BCUT2D eigenvalue weighted by Gasteiger charge is 2.38. The van der Waals surface area contributed by atoms with Crippen LogP contribution in [0.25, 0.3) is 11.3 Å². The molecule has 3 rings (SSSR count). The predicted octanol–water partition coefficient (Wildman–Crippen LogP) is 6.99. The van der Waals surface area contributed by atoms with E-state index in [4.69, 9.17) is 9.47 Å².